The Morgan fingerprint density at radius 1 is 1.13 bits per heavy atom. The van der Waals surface area contributed by atoms with Gasteiger partial charge >= 0.3 is 0 Å². The molecular formula is C20H9ClF4IN3OS. The average Bonchev–Trinajstić information content (AvgIpc) is 3.17. The van der Waals surface area contributed by atoms with E-state index in [0.29, 0.717) is 26.6 Å². The molecule has 31 heavy (non-hydrogen) atoms. The highest BCUT2D eigenvalue weighted by Crippen LogP contribution is 2.33. The lowest BCUT2D eigenvalue weighted by Gasteiger charge is -2.11. The predicted octanol–water partition coefficient (Wildman–Crippen LogP) is 6.73. The van der Waals surface area contributed by atoms with Crippen molar-refractivity contribution in [2.24, 2.45) is 0 Å². The summed E-state index contributed by atoms with van der Waals surface area (Å²) in [6, 6.07) is 4.76. The van der Waals surface area contributed by atoms with Crippen LogP contribution in [0.2, 0.25) is 5.02 Å². The van der Waals surface area contributed by atoms with Crippen LogP contribution >= 0.6 is 46.1 Å². The van der Waals surface area contributed by atoms with Gasteiger partial charge in [-0.1, -0.05) is 11.6 Å². The molecule has 2 aromatic carbocycles. The summed E-state index contributed by atoms with van der Waals surface area (Å²) >= 11 is 8.56. The van der Waals surface area contributed by atoms with Gasteiger partial charge in [0.2, 0.25) is 5.78 Å². The van der Waals surface area contributed by atoms with E-state index in [-0.39, 0.29) is 21.2 Å². The zero-order chi connectivity index (χ0) is 22.3. The Kier molecular flexibility index (Phi) is 6.13. The van der Waals surface area contributed by atoms with Gasteiger partial charge in [0, 0.05) is 21.4 Å². The van der Waals surface area contributed by atoms with Crippen LogP contribution in [0, 0.1) is 26.8 Å². The number of H-pyrrole nitrogens is 1. The number of fused-ring (bicyclic) bond motifs is 1. The van der Waals surface area contributed by atoms with Gasteiger partial charge in [0.25, 0.3) is 0 Å². The van der Waals surface area contributed by atoms with Gasteiger partial charge in [0.05, 0.1) is 26.7 Å². The zero-order valence-electron chi connectivity index (χ0n) is 15.1. The minimum absolute atomic E-state index is 0.00632. The third-order valence-corrected chi connectivity index (χ3v) is 6.90. The molecule has 0 aliphatic carbocycles. The molecule has 4 nitrogen and oxygen atoms in total. The molecule has 2 heterocycles. The topological polar surface area (TPSA) is 57.8 Å². The van der Waals surface area contributed by atoms with E-state index in [1.165, 1.54) is 12.4 Å². The molecule has 0 radical (unpaired) electrons. The highest BCUT2D eigenvalue weighted by molar-refractivity contribution is 14.1. The van der Waals surface area contributed by atoms with Crippen molar-refractivity contribution in [3.8, 4) is 0 Å². The normalized spacial score (nSPS) is 11.2. The van der Waals surface area contributed by atoms with E-state index in [0.717, 1.165) is 30.3 Å². The summed E-state index contributed by atoms with van der Waals surface area (Å²) < 4.78 is 59.7. The maximum Gasteiger partial charge on any atom is 0.201 e. The number of nitrogens with one attached hydrogen (secondary N) is 2. The molecule has 0 spiro atoms. The predicted molar refractivity (Wildman–Crippen MR) is 119 cm³/mol. The van der Waals surface area contributed by atoms with Gasteiger partial charge in [0.15, 0.2) is 5.82 Å². The fourth-order valence-corrected chi connectivity index (χ4v) is 4.40. The van der Waals surface area contributed by atoms with E-state index in [2.05, 4.69) is 14.7 Å². The minimum atomic E-state index is -1.17. The van der Waals surface area contributed by atoms with Crippen LogP contribution in [-0.2, 0) is 0 Å². The lowest BCUT2D eigenvalue weighted by atomic mass is 10.0. The average molecular weight is 578 g/mol. The summed E-state index contributed by atoms with van der Waals surface area (Å²) in [5.41, 5.74) is -0.747. The monoisotopic (exact) mass is 577 g/mol. The molecule has 158 valence electrons. The van der Waals surface area contributed by atoms with Crippen LogP contribution in [0.4, 0.5) is 23.2 Å². The molecule has 2 N–H and O–H groups in total. The van der Waals surface area contributed by atoms with Crippen molar-refractivity contribution >= 4 is 68.6 Å². The molecule has 11 heteroatoms. The quantitative estimate of drug-likeness (QED) is 0.120. The van der Waals surface area contributed by atoms with Crippen LogP contribution in [0.25, 0.3) is 11.0 Å². The fraction of sp³-hybridized carbons (Fsp3) is 0. The van der Waals surface area contributed by atoms with Crippen LogP contribution in [0.1, 0.15) is 15.9 Å². The van der Waals surface area contributed by atoms with Gasteiger partial charge in [-0.3, -0.25) is 4.79 Å². The number of halogens is 6. The Balaban J connectivity index is 1.72. The van der Waals surface area contributed by atoms with E-state index in [1.807, 2.05) is 22.6 Å². The van der Waals surface area contributed by atoms with Crippen LogP contribution in [0.5, 0.6) is 0 Å². The van der Waals surface area contributed by atoms with Crippen molar-refractivity contribution in [1.29, 1.82) is 0 Å². The minimum Gasteiger partial charge on any atom is -0.345 e. The van der Waals surface area contributed by atoms with Crippen LogP contribution in [0.15, 0.2) is 47.6 Å². The molecule has 0 amide bonds. The number of benzene rings is 2. The Bertz CT molecular complexity index is 1350. The number of ketones is 1. The SMILES string of the molecule is O=C(c1c(F)ccc(NSc2cc(F)ccc2F)c1F)c1c[nH]c2ncc(Cl)c(I)c12. The van der Waals surface area contributed by atoms with Crippen LogP contribution < -0.4 is 4.72 Å². The van der Waals surface area contributed by atoms with Gasteiger partial charge in [-0.05, 0) is 64.9 Å². The van der Waals surface area contributed by atoms with Gasteiger partial charge < -0.3 is 9.71 Å². The maximum absolute atomic E-state index is 15.1. The Labute approximate surface area is 195 Å². The van der Waals surface area contributed by atoms with Crippen molar-refractivity contribution in [1.82, 2.24) is 9.97 Å². The number of rotatable bonds is 5. The van der Waals surface area contributed by atoms with Crippen LogP contribution in [-0.4, -0.2) is 15.8 Å². The zero-order valence-corrected chi connectivity index (χ0v) is 18.8. The van der Waals surface area contributed by atoms with E-state index >= 15 is 4.39 Å². The summed E-state index contributed by atoms with van der Waals surface area (Å²) in [5.74, 6) is -4.57. The van der Waals surface area contributed by atoms with E-state index < -0.39 is 34.6 Å². The van der Waals surface area contributed by atoms with E-state index in [1.54, 1.807) is 0 Å². The molecule has 0 aliphatic rings. The molecule has 0 fully saturated rings. The first-order chi connectivity index (χ1) is 14.8. The molecule has 0 saturated carbocycles. The second-order valence-electron chi connectivity index (χ2n) is 6.24. The van der Waals surface area contributed by atoms with Crippen molar-refractivity contribution in [3.63, 3.8) is 0 Å². The first kappa shape index (κ1) is 21.9. The standard InChI is InChI=1S/C20H9ClF4IN3OS/c21-10-7-28-20-15(18(10)26)9(6-27-20)19(30)16-12(24)3-4-13(17(16)25)29-31-14-5-8(22)1-2-11(14)23/h1-7,29H,(H,27,28). The second kappa shape index (κ2) is 8.67. The first-order valence-electron chi connectivity index (χ1n) is 8.49. The van der Waals surface area contributed by atoms with Crippen LogP contribution in [0.3, 0.4) is 0 Å². The van der Waals surface area contributed by atoms with Crippen molar-refractivity contribution < 1.29 is 22.4 Å². The summed E-state index contributed by atoms with van der Waals surface area (Å²) in [6.07, 6.45) is 2.69. The number of nitrogens with zero attached hydrogens (tertiary/aromatic N) is 1. The number of aromatic amines is 1. The molecule has 0 unspecified atom stereocenters. The third-order valence-electron chi connectivity index (χ3n) is 4.32. The summed E-state index contributed by atoms with van der Waals surface area (Å²) in [7, 11) is 0. The molecule has 2 aromatic heterocycles. The summed E-state index contributed by atoms with van der Waals surface area (Å²) in [5, 5.41) is 0.623. The van der Waals surface area contributed by atoms with Crippen molar-refractivity contribution in [3.05, 3.63) is 85.7 Å². The number of pyridine rings is 1. The Hall–Kier alpha value is -2.31. The largest absolute Gasteiger partial charge is 0.345 e. The second-order valence-corrected chi connectivity index (χ2v) is 8.57. The lowest BCUT2D eigenvalue weighted by Crippen LogP contribution is -2.09. The van der Waals surface area contributed by atoms with Crippen molar-refractivity contribution in [2.45, 2.75) is 4.90 Å². The molecule has 0 saturated heterocycles. The lowest BCUT2D eigenvalue weighted by molar-refractivity contribution is 0.103. The molecule has 0 atom stereocenters. The van der Waals surface area contributed by atoms with E-state index in [4.69, 9.17) is 11.6 Å². The highest BCUT2D eigenvalue weighted by atomic mass is 127. The number of carbonyl (C=O) groups excluding carboxylic acids is 1. The third kappa shape index (κ3) is 4.11. The van der Waals surface area contributed by atoms with Gasteiger partial charge in [-0.2, -0.15) is 0 Å². The number of hydrogen-bond donors (Lipinski definition) is 2. The molecule has 4 rings (SSSR count). The van der Waals surface area contributed by atoms with E-state index in [9.17, 15) is 18.0 Å². The van der Waals surface area contributed by atoms with Gasteiger partial charge in [-0.15, -0.1) is 0 Å². The number of carbonyl (C=O) groups is 1. The Morgan fingerprint density at radius 2 is 1.87 bits per heavy atom. The molecular weight excluding hydrogens is 569 g/mol. The smallest absolute Gasteiger partial charge is 0.201 e. The summed E-state index contributed by atoms with van der Waals surface area (Å²) in [6.45, 7) is 0. The number of aromatic nitrogens is 2. The maximum atomic E-state index is 15.1. The first-order valence-corrected chi connectivity index (χ1v) is 10.8. The molecule has 0 aliphatic heterocycles. The molecule has 0 bridgehead atoms. The molecule has 4 aromatic rings. The van der Waals surface area contributed by atoms with Gasteiger partial charge in [0.1, 0.15) is 23.1 Å². The summed E-state index contributed by atoms with van der Waals surface area (Å²) in [4.78, 5) is 19.7. The highest BCUT2D eigenvalue weighted by Gasteiger charge is 2.26. The fourth-order valence-electron chi connectivity index (χ4n) is 2.85. The van der Waals surface area contributed by atoms with Crippen molar-refractivity contribution in [2.75, 3.05) is 4.72 Å². The van der Waals surface area contributed by atoms with Gasteiger partial charge in [-0.25, -0.2) is 22.5 Å². The number of anilines is 1. The Morgan fingerprint density at radius 3 is 2.65 bits per heavy atom. The number of hydrogen-bond acceptors (Lipinski definition) is 4.